The quantitative estimate of drug-likeness (QED) is 0.536. The van der Waals surface area contributed by atoms with Crippen LogP contribution in [0.25, 0.3) is 0 Å². The van der Waals surface area contributed by atoms with E-state index in [1.54, 1.807) is 30.0 Å². The third-order valence-electron chi connectivity index (χ3n) is 2.80. The molecule has 0 saturated carbocycles. The maximum Gasteiger partial charge on any atom is 0.209 e. The fourth-order valence-electron chi connectivity index (χ4n) is 1.72. The van der Waals surface area contributed by atoms with Crippen molar-refractivity contribution < 1.29 is 14.3 Å². The SMILES string of the molecule is COCCn1nnnc1SCC(=O)c1cc(Cl)ccc1OC. The molecule has 0 amide bonds. The molecule has 2 aromatic rings. The zero-order valence-electron chi connectivity index (χ0n) is 12.2. The minimum atomic E-state index is -0.106. The molecule has 1 aromatic heterocycles. The molecule has 118 valence electrons. The molecule has 0 bridgehead atoms. The van der Waals surface area contributed by atoms with Crippen LogP contribution < -0.4 is 4.74 Å². The summed E-state index contributed by atoms with van der Waals surface area (Å²) in [7, 11) is 3.12. The third kappa shape index (κ3) is 4.19. The van der Waals surface area contributed by atoms with Gasteiger partial charge in [0.2, 0.25) is 5.16 Å². The molecule has 0 radical (unpaired) electrons. The number of thioether (sulfide) groups is 1. The predicted octanol–water partition coefficient (Wildman–Crippen LogP) is 1.96. The number of methoxy groups -OCH3 is 2. The highest BCUT2D eigenvalue weighted by molar-refractivity contribution is 7.99. The maximum atomic E-state index is 12.3. The number of ketones is 1. The second kappa shape index (κ2) is 8.11. The first-order valence-corrected chi connectivity index (χ1v) is 7.76. The summed E-state index contributed by atoms with van der Waals surface area (Å²) in [6.45, 7) is 1.02. The Kier molecular flexibility index (Phi) is 6.17. The Morgan fingerprint density at radius 1 is 1.41 bits per heavy atom. The van der Waals surface area contributed by atoms with Gasteiger partial charge in [-0.2, -0.15) is 0 Å². The molecule has 2 rings (SSSR count). The Balaban J connectivity index is 2.04. The first-order chi connectivity index (χ1) is 10.7. The lowest BCUT2D eigenvalue weighted by molar-refractivity contribution is 0.101. The highest BCUT2D eigenvalue weighted by Gasteiger charge is 2.15. The number of halogens is 1. The Morgan fingerprint density at radius 2 is 2.23 bits per heavy atom. The number of hydrogen-bond acceptors (Lipinski definition) is 7. The summed E-state index contributed by atoms with van der Waals surface area (Å²) < 4.78 is 11.8. The molecule has 1 heterocycles. The number of benzene rings is 1. The van der Waals surface area contributed by atoms with Gasteiger partial charge in [0.1, 0.15) is 5.75 Å². The van der Waals surface area contributed by atoms with Gasteiger partial charge < -0.3 is 9.47 Å². The van der Waals surface area contributed by atoms with E-state index in [1.807, 2.05) is 0 Å². The topological polar surface area (TPSA) is 79.1 Å². The largest absolute Gasteiger partial charge is 0.496 e. The Bertz CT molecular complexity index is 650. The number of rotatable bonds is 8. The zero-order chi connectivity index (χ0) is 15.9. The van der Waals surface area contributed by atoms with Crippen LogP contribution >= 0.6 is 23.4 Å². The summed E-state index contributed by atoms with van der Waals surface area (Å²) >= 11 is 7.19. The van der Waals surface area contributed by atoms with E-state index in [0.717, 1.165) is 0 Å². The molecule has 0 aliphatic carbocycles. The summed E-state index contributed by atoms with van der Waals surface area (Å²) in [6.07, 6.45) is 0. The number of ether oxygens (including phenoxy) is 2. The van der Waals surface area contributed by atoms with E-state index in [2.05, 4.69) is 15.5 Å². The Morgan fingerprint density at radius 3 is 2.95 bits per heavy atom. The van der Waals surface area contributed by atoms with Crippen molar-refractivity contribution in [3.05, 3.63) is 28.8 Å². The van der Waals surface area contributed by atoms with Crippen LogP contribution in [-0.4, -0.2) is 52.6 Å². The monoisotopic (exact) mass is 342 g/mol. The molecule has 0 spiro atoms. The number of nitrogens with zero attached hydrogens (tertiary/aromatic N) is 4. The first kappa shape index (κ1) is 16.7. The van der Waals surface area contributed by atoms with Gasteiger partial charge in [-0.25, -0.2) is 4.68 Å². The van der Waals surface area contributed by atoms with Gasteiger partial charge in [-0.05, 0) is 28.6 Å². The Hall–Kier alpha value is -1.64. The van der Waals surface area contributed by atoms with Crippen molar-refractivity contribution in [1.82, 2.24) is 20.2 Å². The van der Waals surface area contributed by atoms with E-state index in [1.165, 1.54) is 18.9 Å². The van der Waals surface area contributed by atoms with Crippen molar-refractivity contribution in [3.8, 4) is 5.75 Å². The molecule has 0 unspecified atom stereocenters. The van der Waals surface area contributed by atoms with Crippen LogP contribution in [0.2, 0.25) is 5.02 Å². The predicted molar refractivity (Wildman–Crippen MR) is 82.8 cm³/mol. The zero-order valence-corrected chi connectivity index (χ0v) is 13.7. The van der Waals surface area contributed by atoms with E-state index < -0.39 is 0 Å². The average Bonchev–Trinajstić information content (AvgIpc) is 2.97. The fraction of sp³-hybridized carbons (Fsp3) is 0.385. The smallest absolute Gasteiger partial charge is 0.209 e. The van der Waals surface area contributed by atoms with Gasteiger partial charge in [0, 0.05) is 12.1 Å². The second-order valence-electron chi connectivity index (χ2n) is 4.23. The lowest BCUT2D eigenvalue weighted by Gasteiger charge is -2.08. The van der Waals surface area contributed by atoms with Crippen LogP contribution in [0.3, 0.4) is 0 Å². The van der Waals surface area contributed by atoms with Crippen LogP contribution in [0.1, 0.15) is 10.4 Å². The summed E-state index contributed by atoms with van der Waals surface area (Å²) in [6, 6.07) is 4.94. The fourth-order valence-corrected chi connectivity index (χ4v) is 2.68. The van der Waals surface area contributed by atoms with Crippen LogP contribution in [0.5, 0.6) is 5.75 Å². The lowest BCUT2D eigenvalue weighted by atomic mass is 10.1. The number of carbonyl (C=O) groups is 1. The first-order valence-electron chi connectivity index (χ1n) is 6.40. The standard InChI is InChI=1S/C13H15ClN4O3S/c1-20-6-5-18-13(15-16-17-18)22-8-11(19)10-7-9(14)3-4-12(10)21-2/h3-4,7H,5-6,8H2,1-2H3. The van der Waals surface area contributed by atoms with Gasteiger partial charge in [0.25, 0.3) is 0 Å². The molecule has 0 N–H and O–H groups in total. The molecule has 22 heavy (non-hydrogen) atoms. The van der Waals surface area contributed by atoms with Crippen LogP contribution in [0.4, 0.5) is 0 Å². The van der Waals surface area contributed by atoms with E-state index in [-0.39, 0.29) is 11.5 Å². The highest BCUT2D eigenvalue weighted by atomic mass is 35.5. The third-order valence-corrected chi connectivity index (χ3v) is 3.99. The number of carbonyl (C=O) groups excluding carboxylic acids is 1. The summed E-state index contributed by atoms with van der Waals surface area (Å²) in [5.41, 5.74) is 0.443. The minimum Gasteiger partial charge on any atom is -0.496 e. The van der Waals surface area contributed by atoms with E-state index in [0.29, 0.717) is 34.6 Å². The van der Waals surface area contributed by atoms with Crippen LogP contribution in [0.15, 0.2) is 23.4 Å². The molecule has 9 heteroatoms. The Labute approximate surface area is 136 Å². The normalized spacial score (nSPS) is 10.7. The molecule has 0 saturated heterocycles. The van der Waals surface area contributed by atoms with Gasteiger partial charge >= 0.3 is 0 Å². The van der Waals surface area contributed by atoms with Gasteiger partial charge in [-0.15, -0.1) is 5.10 Å². The van der Waals surface area contributed by atoms with Crippen molar-refractivity contribution in [2.45, 2.75) is 11.7 Å². The van der Waals surface area contributed by atoms with Crippen molar-refractivity contribution in [1.29, 1.82) is 0 Å². The van der Waals surface area contributed by atoms with Crippen molar-refractivity contribution in [3.63, 3.8) is 0 Å². The van der Waals surface area contributed by atoms with Crippen LogP contribution in [-0.2, 0) is 11.3 Å². The molecule has 0 fully saturated rings. The summed E-state index contributed by atoms with van der Waals surface area (Å²) in [5, 5.41) is 12.4. The van der Waals surface area contributed by atoms with Gasteiger partial charge in [-0.1, -0.05) is 23.4 Å². The highest BCUT2D eigenvalue weighted by Crippen LogP contribution is 2.25. The van der Waals surface area contributed by atoms with Gasteiger partial charge in [0.05, 0.1) is 31.6 Å². The summed E-state index contributed by atoms with van der Waals surface area (Å²) in [5.74, 6) is 0.573. The number of aromatic nitrogens is 4. The van der Waals surface area contributed by atoms with Crippen molar-refractivity contribution in [2.24, 2.45) is 0 Å². The second-order valence-corrected chi connectivity index (χ2v) is 5.61. The van der Waals surface area contributed by atoms with Gasteiger partial charge in [-0.3, -0.25) is 4.79 Å². The van der Waals surface area contributed by atoms with Crippen LogP contribution in [0, 0.1) is 0 Å². The van der Waals surface area contributed by atoms with E-state index in [4.69, 9.17) is 21.1 Å². The molecule has 7 nitrogen and oxygen atoms in total. The van der Waals surface area contributed by atoms with E-state index >= 15 is 0 Å². The molecular formula is C13H15ClN4O3S. The molecule has 0 aliphatic rings. The van der Waals surface area contributed by atoms with E-state index in [9.17, 15) is 4.79 Å². The molecule has 0 aliphatic heterocycles. The molecule has 0 atom stereocenters. The number of hydrogen-bond donors (Lipinski definition) is 0. The number of tetrazole rings is 1. The average molecular weight is 343 g/mol. The maximum absolute atomic E-state index is 12.3. The molecular weight excluding hydrogens is 328 g/mol. The van der Waals surface area contributed by atoms with Crippen molar-refractivity contribution in [2.75, 3.05) is 26.6 Å². The van der Waals surface area contributed by atoms with Crippen molar-refractivity contribution >= 4 is 29.1 Å². The lowest BCUT2D eigenvalue weighted by Crippen LogP contribution is -2.09. The molecule has 1 aromatic carbocycles. The van der Waals surface area contributed by atoms with Gasteiger partial charge in [0.15, 0.2) is 5.78 Å². The summed E-state index contributed by atoms with van der Waals surface area (Å²) in [4.78, 5) is 12.3. The number of Topliss-reactive ketones (excluding diaryl/α,β-unsaturated/α-hetero) is 1. The minimum absolute atomic E-state index is 0.106.